The Bertz CT molecular complexity index is 1350. The Kier molecular flexibility index (Phi) is 10.5. The van der Waals surface area contributed by atoms with E-state index < -0.39 is 98.0 Å². The van der Waals surface area contributed by atoms with Crippen LogP contribution in [0.25, 0.3) is 0 Å². The molecule has 14 heteroatoms. The molecule has 7 fully saturated rings. The van der Waals surface area contributed by atoms with Gasteiger partial charge in [-0.15, -0.1) is 0 Å². The van der Waals surface area contributed by atoms with Gasteiger partial charge in [0, 0.05) is 24.2 Å². The van der Waals surface area contributed by atoms with Crippen molar-refractivity contribution in [2.75, 3.05) is 19.8 Å². The van der Waals surface area contributed by atoms with Gasteiger partial charge in [-0.05, 0) is 73.5 Å². The van der Waals surface area contributed by atoms with Crippen LogP contribution in [-0.4, -0.2) is 146 Å². The third-order valence-electron chi connectivity index (χ3n) is 15.7. The molecule has 22 atom stereocenters. The summed E-state index contributed by atoms with van der Waals surface area (Å²) in [6.07, 6.45) is -6.94. The first kappa shape index (κ1) is 39.0. The first-order valence-electron chi connectivity index (χ1n) is 20.1. The van der Waals surface area contributed by atoms with Gasteiger partial charge in [-0.25, -0.2) is 0 Å². The summed E-state index contributed by atoms with van der Waals surface area (Å²) in [7, 11) is 0. The number of rotatable bonds is 6. The third-order valence-corrected chi connectivity index (χ3v) is 15.7. The highest BCUT2D eigenvalue weighted by Crippen LogP contribution is 2.70. The van der Waals surface area contributed by atoms with E-state index in [1.165, 1.54) is 0 Å². The van der Waals surface area contributed by atoms with Crippen molar-refractivity contribution >= 4 is 0 Å². The maximum absolute atomic E-state index is 12.0. The molecule has 0 aromatic carbocycles. The molecule has 0 unspecified atom stereocenters. The van der Waals surface area contributed by atoms with Crippen LogP contribution in [-0.2, 0) is 28.4 Å². The van der Waals surface area contributed by atoms with E-state index in [9.17, 15) is 40.9 Å². The van der Waals surface area contributed by atoms with Gasteiger partial charge in [0.25, 0.3) is 0 Å². The van der Waals surface area contributed by atoms with E-state index in [1.807, 2.05) is 0 Å². The predicted molar refractivity (Wildman–Crippen MR) is 184 cm³/mol. The highest BCUT2D eigenvalue weighted by molar-refractivity contribution is 5.28. The van der Waals surface area contributed by atoms with Gasteiger partial charge < -0.3 is 69.3 Å². The fraction of sp³-hybridized carbons (Fsp3) is 0.949. The van der Waals surface area contributed by atoms with Gasteiger partial charge in [0.15, 0.2) is 18.4 Å². The zero-order valence-corrected chi connectivity index (χ0v) is 31.4. The van der Waals surface area contributed by atoms with Gasteiger partial charge >= 0.3 is 0 Å². The molecular formula is C39H62O14. The van der Waals surface area contributed by atoms with Crippen LogP contribution < -0.4 is 0 Å². The summed E-state index contributed by atoms with van der Waals surface area (Å²) in [5.74, 6) is 2.15. The maximum Gasteiger partial charge on any atom is 0.187 e. The average molecular weight is 755 g/mol. The second-order valence-electron chi connectivity index (χ2n) is 18.4. The molecule has 4 saturated heterocycles. The first-order chi connectivity index (χ1) is 25.2. The highest BCUT2D eigenvalue weighted by Gasteiger charge is 2.69. The van der Waals surface area contributed by atoms with Crippen LogP contribution in [0.15, 0.2) is 11.6 Å². The fourth-order valence-electron chi connectivity index (χ4n) is 12.7. The Hall–Kier alpha value is -0.820. The summed E-state index contributed by atoms with van der Waals surface area (Å²) < 4.78 is 36.7. The van der Waals surface area contributed by atoms with E-state index in [0.29, 0.717) is 48.3 Å². The van der Waals surface area contributed by atoms with E-state index in [2.05, 4.69) is 33.8 Å². The van der Waals surface area contributed by atoms with Crippen molar-refractivity contribution in [3.63, 3.8) is 0 Å². The molecule has 0 bridgehead atoms. The third kappa shape index (κ3) is 6.04. The van der Waals surface area contributed by atoms with Crippen LogP contribution in [0.3, 0.4) is 0 Å². The topological polar surface area (TPSA) is 217 Å². The summed E-state index contributed by atoms with van der Waals surface area (Å²) in [6.45, 7) is 8.74. The van der Waals surface area contributed by atoms with Crippen molar-refractivity contribution in [3.05, 3.63) is 11.6 Å². The minimum absolute atomic E-state index is 0.150. The molecule has 0 amide bonds. The van der Waals surface area contributed by atoms with Crippen molar-refractivity contribution in [2.24, 2.45) is 46.3 Å². The Balaban J connectivity index is 0.932. The van der Waals surface area contributed by atoms with Gasteiger partial charge in [0.2, 0.25) is 0 Å². The molecule has 1 spiro atoms. The van der Waals surface area contributed by atoms with Crippen molar-refractivity contribution in [2.45, 2.75) is 165 Å². The van der Waals surface area contributed by atoms with Gasteiger partial charge in [-0.1, -0.05) is 39.3 Å². The van der Waals surface area contributed by atoms with E-state index in [-0.39, 0.29) is 11.5 Å². The van der Waals surface area contributed by atoms with E-state index in [1.54, 1.807) is 0 Å². The fourth-order valence-corrected chi connectivity index (χ4v) is 12.7. The maximum atomic E-state index is 12.0. The van der Waals surface area contributed by atoms with Crippen LogP contribution in [0.5, 0.6) is 0 Å². The standard InChI is InChI=1S/C39H62O14/c1-17-7-10-39(48-16-17)18(2)28-24(53-39)13-23-21-6-5-19-11-20(12-27(42)38(19,4)22(21)8-9-37(23,28)3)49-35-33(47)31(45)34(26(15-41)51-35)52-36-32(46)30(44)29(43)25(14-40)50-36/h5,17-18,20-36,40-47H,6-16H2,1-4H3/t17-,18-,20+,21+,22-,23-,24-,25+,26+,27+,28-,29+,30-,31+,32+,33+,34-,35+,36-,37-,38-,39+/m0/s1. The smallest absolute Gasteiger partial charge is 0.187 e. The minimum Gasteiger partial charge on any atom is -0.394 e. The monoisotopic (exact) mass is 754 g/mol. The van der Waals surface area contributed by atoms with Gasteiger partial charge in [-0.2, -0.15) is 0 Å². The van der Waals surface area contributed by atoms with Crippen LogP contribution in [0.1, 0.15) is 79.1 Å². The highest BCUT2D eigenvalue weighted by atomic mass is 16.7. The lowest BCUT2D eigenvalue weighted by molar-refractivity contribution is -0.363. The molecule has 0 aromatic heterocycles. The quantitative estimate of drug-likeness (QED) is 0.172. The zero-order chi connectivity index (χ0) is 37.8. The summed E-state index contributed by atoms with van der Waals surface area (Å²) >= 11 is 0. The van der Waals surface area contributed by atoms with Crippen LogP contribution in [0.2, 0.25) is 0 Å². The lowest BCUT2D eigenvalue weighted by Gasteiger charge is -2.60. The Labute approximate surface area is 311 Å². The Morgan fingerprint density at radius 2 is 1.49 bits per heavy atom. The van der Waals surface area contributed by atoms with E-state index in [4.69, 9.17) is 28.4 Å². The lowest BCUT2D eigenvalue weighted by atomic mass is 9.46. The molecule has 14 nitrogen and oxygen atoms in total. The van der Waals surface area contributed by atoms with Gasteiger partial charge in [-0.3, -0.25) is 0 Å². The summed E-state index contributed by atoms with van der Waals surface area (Å²) in [4.78, 5) is 0. The van der Waals surface area contributed by atoms with Crippen molar-refractivity contribution < 1.29 is 69.3 Å². The Morgan fingerprint density at radius 1 is 0.792 bits per heavy atom. The second-order valence-corrected chi connectivity index (χ2v) is 18.4. The van der Waals surface area contributed by atoms with Crippen molar-refractivity contribution in [3.8, 4) is 0 Å². The second kappa shape index (κ2) is 14.2. The lowest BCUT2D eigenvalue weighted by Crippen LogP contribution is -2.65. The molecule has 0 radical (unpaired) electrons. The van der Waals surface area contributed by atoms with Gasteiger partial charge in [0.1, 0.15) is 48.8 Å². The molecule has 8 rings (SSSR count). The van der Waals surface area contributed by atoms with Crippen molar-refractivity contribution in [1.82, 2.24) is 0 Å². The first-order valence-corrected chi connectivity index (χ1v) is 20.1. The minimum atomic E-state index is -1.75. The molecule has 53 heavy (non-hydrogen) atoms. The molecule has 302 valence electrons. The zero-order valence-electron chi connectivity index (χ0n) is 31.4. The SMILES string of the molecule is C[C@H]1CC[C@@]2(OC1)O[C@H]1C[C@H]3[C@@H]4CC=C5C[C@@H](O[C@@H]6O[C@H](CO)[C@H](O[C@@H]7O[C@H](CO)[C@@H](O)[C@H](O)[C@H]7O)[C@H](O)[C@H]6O)C[C@@H](O)[C@]5(C)[C@H]4CC[C@]3(C)[C@H]1[C@@H]2C. The van der Waals surface area contributed by atoms with Crippen molar-refractivity contribution in [1.29, 1.82) is 0 Å². The molecule has 8 aliphatic rings. The van der Waals surface area contributed by atoms with E-state index in [0.717, 1.165) is 50.7 Å². The molecular weight excluding hydrogens is 692 g/mol. The molecule has 4 heterocycles. The number of aliphatic hydroxyl groups is 8. The molecule has 0 aromatic rings. The molecule has 4 aliphatic heterocycles. The van der Waals surface area contributed by atoms with Crippen LogP contribution in [0, 0.1) is 46.3 Å². The van der Waals surface area contributed by atoms with E-state index >= 15 is 0 Å². The Morgan fingerprint density at radius 3 is 2.19 bits per heavy atom. The normalized spacial score (nSPS) is 58.0. The van der Waals surface area contributed by atoms with Crippen LogP contribution >= 0.6 is 0 Å². The summed E-state index contributed by atoms with van der Waals surface area (Å²) in [6, 6.07) is 0. The van der Waals surface area contributed by atoms with Crippen LogP contribution in [0.4, 0.5) is 0 Å². The summed E-state index contributed by atoms with van der Waals surface area (Å²) in [5, 5.41) is 84.7. The number of fused-ring (bicyclic) bond motifs is 7. The predicted octanol–water partition coefficient (Wildman–Crippen LogP) is 0.333. The number of hydrogen-bond acceptors (Lipinski definition) is 14. The molecule has 3 saturated carbocycles. The number of hydrogen-bond donors (Lipinski definition) is 8. The number of ether oxygens (including phenoxy) is 6. The largest absolute Gasteiger partial charge is 0.394 e. The molecule has 4 aliphatic carbocycles. The van der Waals surface area contributed by atoms with Gasteiger partial charge in [0.05, 0.1) is 38.1 Å². The number of aliphatic hydroxyl groups excluding tert-OH is 8. The number of allylic oxidation sites excluding steroid dienone is 1. The summed E-state index contributed by atoms with van der Waals surface area (Å²) in [5.41, 5.74) is 0.865. The molecule has 8 N–H and O–H groups in total. The average Bonchev–Trinajstić information content (AvgIpc) is 3.58.